The first kappa shape index (κ1) is 21.9. The molecular weight excluding hydrogens is 430 g/mol. The maximum Gasteiger partial charge on any atom is 0.325 e. The van der Waals surface area contributed by atoms with E-state index in [1.54, 1.807) is 14.0 Å². The number of nitrogens with one attached hydrogen (secondary N) is 2. The number of imide groups is 1. The zero-order valence-corrected chi connectivity index (χ0v) is 19.3. The van der Waals surface area contributed by atoms with E-state index in [0.29, 0.717) is 5.56 Å². The fourth-order valence-electron chi connectivity index (χ4n) is 4.99. The van der Waals surface area contributed by atoms with Crippen LogP contribution in [0.1, 0.15) is 42.5 Å². The van der Waals surface area contributed by atoms with Crippen LogP contribution in [-0.4, -0.2) is 36.4 Å². The van der Waals surface area contributed by atoms with E-state index in [1.807, 2.05) is 54.6 Å². The normalized spacial score (nSPS) is 21.8. The van der Waals surface area contributed by atoms with Crippen molar-refractivity contribution in [2.75, 3.05) is 13.7 Å². The number of rotatable bonds is 5. The van der Waals surface area contributed by atoms with Crippen molar-refractivity contribution in [1.29, 1.82) is 0 Å². The molecule has 0 bridgehead atoms. The SMILES string of the molecule is COc1ccc2cc([C@]3(C)NC(=O)N(CC(=O)N[C@@H]4CCCc5ccccc54)C3=O)ccc2c1. The Morgan fingerprint density at radius 1 is 1.12 bits per heavy atom. The first-order chi connectivity index (χ1) is 16.4. The van der Waals surface area contributed by atoms with E-state index in [4.69, 9.17) is 4.74 Å². The minimum atomic E-state index is -1.25. The van der Waals surface area contributed by atoms with Crippen LogP contribution >= 0.6 is 0 Å². The lowest BCUT2D eigenvalue weighted by Gasteiger charge is -2.27. The highest BCUT2D eigenvalue weighted by molar-refractivity contribution is 6.09. The van der Waals surface area contributed by atoms with Crippen LogP contribution in [0, 0.1) is 0 Å². The van der Waals surface area contributed by atoms with Crippen LogP contribution in [0.25, 0.3) is 10.8 Å². The predicted molar refractivity (Wildman–Crippen MR) is 128 cm³/mol. The molecule has 1 fully saturated rings. The molecule has 0 aromatic heterocycles. The Labute approximate surface area is 198 Å². The number of amides is 4. The number of aryl methyl sites for hydroxylation is 1. The average Bonchev–Trinajstić information content (AvgIpc) is 3.07. The van der Waals surface area contributed by atoms with Gasteiger partial charge in [-0.1, -0.05) is 42.5 Å². The number of hydrogen-bond donors (Lipinski definition) is 2. The van der Waals surface area contributed by atoms with E-state index >= 15 is 0 Å². The van der Waals surface area contributed by atoms with Crippen LogP contribution in [0.5, 0.6) is 5.75 Å². The average molecular weight is 458 g/mol. The van der Waals surface area contributed by atoms with Gasteiger partial charge >= 0.3 is 6.03 Å². The van der Waals surface area contributed by atoms with Gasteiger partial charge in [0, 0.05) is 0 Å². The van der Waals surface area contributed by atoms with Crippen molar-refractivity contribution in [3.8, 4) is 5.75 Å². The molecule has 7 nitrogen and oxygen atoms in total. The van der Waals surface area contributed by atoms with Gasteiger partial charge in [0.25, 0.3) is 5.91 Å². The zero-order valence-electron chi connectivity index (χ0n) is 19.3. The summed E-state index contributed by atoms with van der Waals surface area (Å²) in [6, 6.07) is 18.7. The molecule has 1 aliphatic carbocycles. The van der Waals surface area contributed by atoms with Gasteiger partial charge in [-0.05, 0) is 71.8 Å². The monoisotopic (exact) mass is 457 g/mol. The van der Waals surface area contributed by atoms with E-state index in [0.717, 1.165) is 46.2 Å². The molecule has 0 unspecified atom stereocenters. The van der Waals surface area contributed by atoms with Crippen molar-refractivity contribution in [3.05, 3.63) is 77.4 Å². The van der Waals surface area contributed by atoms with Gasteiger partial charge in [-0.2, -0.15) is 0 Å². The quantitative estimate of drug-likeness (QED) is 0.571. The number of carbonyl (C=O) groups excluding carboxylic acids is 3. The number of carbonyl (C=O) groups is 3. The molecule has 5 rings (SSSR count). The van der Waals surface area contributed by atoms with Gasteiger partial charge in [0.15, 0.2) is 0 Å². The maximum absolute atomic E-state index is 13.3. The largest absolute Gasteiger partial charge is 0.497 e. The lowest BCUT2D eigenvalue weighted by molar-refractivity contribution is -0.135. The molecule has 1 aliphatic heterocycles. The summed E-state index contributed by atoms with van der Waals surface area (Å²) in [6.07, 6.45) is 2.81. The summed E-state index contributed by atoms with van der Waals surface area (Å²) in [5.74, 6) is -0.0425. The smallest absolute Gasteiger partial charge is 0.325 e. The molecule has 3 aromatic rings. The number of hydrogen-bond acceptors (Lipinski definition) is 4. The summed E-state index contributed by atoms with van der Waals surface area (Å²) in [7, 11) is 1.61. The fraction of sp³-hybridized carbons (Fsp3) is 0.296. The van der Waals surface area contributed by atoms with Gasteiger partial charge in [0.1, 0.15) is 17.8 Å². The van der Waals surface area contributed by atoms with Gasteiger partial charge in [-0.3, -0.25) is 14.5 Å². The van der Waals surface area contributed by atoms with Crippen molar-refractivity contribution in [3.63, 3.8) is 0 Å². The second-order valence-corrected chi connectivity index (χ2v) is 9.09. The molecule has 7 heteroatoms. The van der Waals surface area contributed by atoms with Gasteiger partial charge in [-0.15, -0.1) is 0 Å². The number of benzene rings is 3. The van der Waals surface area contributed by atoms with Crippen LogP contribution in [0.4, 0.5) is 4.79 Å². The molecular formula is C27H27N3O4. The molecule has 2 atom stereocenters. The Bertz CT molecular complexity index is 1300. The molecule has 0 spiro atoms. The van der Waals surface area contributed by atoms with Gasteiger partial charge in [0.05, 0.1) is 13.2 Å². The van der Waals surface area contributed by atoms with Crippen molar-refractivity contribution >= 4 is 28.6 Å². The third-order valence-corrected chi connectivity index (χ3v) is 6.91. The fourth-order valence-corrected chi connectivity index (χ4v) is 4.99. The number of ether oxygens (including phenoxy) is 1. The second-order valence-electron chi connectivity index (χ2n) is 9.09. The molecule has 2 aliphatic rings. The second kappa shape index (κ2) is 8.48. The number of fused-ring (bicyclic) bond motifs is 2. The van der Waals surface area contributed by atoms with E-state index in [1.165, 1.54) is 5.56 Å². The van der Waals surface area contributed by atoms with E-state index in [2.05, 4.69) is 16.7 Å². The Hall–Kier alpha value is -3.87. The number of nitrogens with zero attached hydrogens (tertiary/aromatic N) is 1. The highest BCUT2D eigenvalue weighted by atomic mass is 16.5. The minimum absolute atomic E-state index is 0.109. The summed E-state index contributed by atoms with van der Waals surface area (Å²) in [6.45, 7) is 1.36. The van der Waals surface area contributed by atoms with Crippen molar-refractivity contribution in [1.82, 2.24) is 15.5 Å². The maximum atomic E-state index is 13.3. The van der Waals surface area contributed by atoms with Crippen molar-refractivity contribution in [2.45, 2.75) is 37.8 Å². The minimum Gasteiger partial charge on any atom is -0.497 e. The lowest BCUT2D eigenvalue weighted by Crippen LogP contribution is -2.44. The van der Waals surface area contributed by atoms with Crippen LogP contribution in [0.15, 0.2) is 60.7 Å². The van der Waals surface area contributed by atoms with Crippen LogP contribution in [0.3, 0.4) is 0 Å². The van der Waals surface area contributed by atoms with Gasteiger partial charge < -0.3 is 15.4 Å². The first-order valence-electron chi connectivity index (χ1n) is 11.5. The summed E-state index contributed by atoms with van der Waals surface area (Å²) >= 11 is 0. The number of methoxy groups -OCH3 is 1. The van der Waals surface area contributed by atoms with Gasteiger partial charge in [0.2, 0.25) is 5.91 Å². The molecule has 4 amide bonds. The van der Waals surface area contributed by atoms with Crippen LogP contribution < -0.4 is 15.4 Å². The Morgan fingerprint density at radius 3 is 2.71 bits per heavy atom. The predicted octanol–water partition coefficient (Wildman–Crippen LogP) is 3.81. The summed E-state index contributed by atoms with van der Waals surface area (Å²) in [5, 5.41) is 7.70. The highest BCUT2D eigenvalue weighted by Gasteiger charge is 2.49. The Kier molecular flexibility index (Phi) is 5.48. The Balaban J connectivity index is 1.33. The van der Waals surface area contributed by atoms with Crippen molar-refractivity contribution in [2.24, 2.45) is 0 Å². The van der Waals surface area contributed by atoms with E-state index in [9.17, 15) is 14.4 Å². The third kappa shape index (κ3) is 3.77. The molecule has 0 saturated carbocycles. The molecule has 1 saturated heterocycles. The third-order valence-electron chi connectivity index (χ3n) is 6.91. The molecule has 174 valence electrons. The lowest BCUT2D eigenvalue weighted by atomic mass is 9.88. The standard InChI is InChI=1S/C27H27N3O4/c1-27(20-12-10-19-15-21(34-2)13-11-18(19)14-20)25(32)30(26(33)29-27)16-24(31)28-23-9-5-7-17-6-3-4-8-22(17)23/h3-4,6,8,10-15,23H,5,7,9,16H2,1-2H3,(H,28,31)(H,29,33)/t23-,27+/m1/s1. The molecule has 2 N–H and O–H groups in total. The number of urea groups is 1. The summed E-state index contributed by atoms with van der Waals surface area (Å²) in [4.78, 5) is 39.9. The molecule has 1 heterocycles. The van der Waals surface area contributed by atoms with Crippen molar-refractivity contribution < 1.29 is 19.1 Å². The topological polar surface area (TPSA) is 87.7 Å². The summed E-state index contributed by atoms with van der Waals surface area (Å²) in [5.41, 5.74) is 1.75. The van der Waals surface area contributed by atoms with Crippen LogP contribution in [-0.2, 0) is 21.5 Å². The molecule has 3 aromatic carbocycles. The Morgan fingerprint density at radius 2 is 1.88 bits per heavy atom. The highest BCUT2D eigenvalue weighted by Crippen LogP contribution is 2.33. The molecule has 0 radical (unpaired) electrons. The summed E-state index contributed by atoms with van der Waals surface area (Å²) < 4.78 is 5.27. The first-order valence-corrected chi connectivity index (χ1v) is 11.5. The van der Waals surface area contributed by atoms with Gasteiger partial charge in [-0.25, -0.2) is 4.79 Å². The van der Waals surface area contributed by atoms with E-state index < -0.39 is 17.5 Å². The molecule has 34 heavy (non-hydrogen) atoms. The zero-order chi connectivity index (χ0) is 23.9. The van der Waals surface area contributed by atoms with Crippen LogP contribution in [0.2, 0.25) is 0 Å². The van der Waals surface area contributed by atoms with E-state index in [-0.39, 0.29) is 18.5 Å².